The molecule has 1 aliphatic carbocycles. The molecule has 0 unspecified atom stereocenters. The van der Waals surface area contributed by atoms with Gasteiger partial charge in [0.15, 0.2) is 0 Å². The molecule has 0 N–H and O–H groups in total. The highest BCUT2D eigenvalue weighted by atomic mass is 16.5. The van der Waals surface area contributed by atoms with Gasteiger partial charge in [0.1, 0.15) is 5.75 Å². The molecule has 2 aromatic carbocycles. The van der Waals surface area contributed by atoms with Crippen molar-refractivity contribution in [2.45, 2.75) is 32.6 Å². The Bertz CT molecular complexity index is 938. The molecule has 0 atom stereocenters. The molecule has 0 amide bonds. The van der Waals surface area contributed by atoms with Crippen molar-refractivity contribution in [3.8, 4) is 22.7 Å². The quantitative estimate of drug-likeness (QED) is 0.597. The summed E-state index contributed by atoms with van der Waals surface area (Å²) in [6, 6.07) is 18.9. The van der Waals surface area contributed by atoms with Gasteiger partial charge in [-0.15, -0.1) is 0 Å². The van der Waals surface area contributed by atoms with Crippen molar-refractivity contribution in [2.75, 3.05) is 7.11 Å². The molecule has 132 valence electrons. The smallest absolute Gasteiger partial charge is 0.127 e. The van der Waals surface area contributed by atoms with Crippen LogP contribution in [-0.4, -0.2) is 16.9 Å². The van der Waals surface area contributed by atoms with E-state index in [0.717, 1.165) is 34.8 Å². The predicted octanol–water partition coefficient (Wildman–Crippen LogP) is 5.81. The van der Waals surface area contributed by atoms with Gasteiger partial charge in [-0.05, 0) is 62.4 Å². The molecule has 0 saturated heterocycles. The van der Waals surface area contributed by atoms with E-state index in [1.54, 1.807) is 7.11 Å². The maximum absolute atomic E-state index is 5.74. The van der Waals surface area contributed by atoms with E-state index < -0.39 is 0 Å². The number of ether oxygens (including phenoxy) is 1. The molecule has 0 bridgehead atoms. The number of benzene rings is 2. The summed E-state index contributed by atoms with van der Waals surface area (Å²) in [4.78, 5) is 0. The molecule has 0 spiro atoms. The highest BCUT2D eigenvalue weighted by Crippen LogP contribution is 2.36. The Hall–Kier alpha value is -2.81. The van der Waals surface area contributed by atoms with Crippen LogP contribution in [0.4, 0.5) is 0 Å². The molecular weight excluding hydrogens is 320 g/mol. The summed E-state index contributed by atoms with van der Waals surface area (Å²) in [5.74, 6) is 0.939. The third kappa shape index (κ3) is 3.17. The van der Waals surface area contributed by atoms with E-state index in [1.165, 1.54) is 30.4 Å². The molecular formula is C23H24N2O. The minimum Gasteiger partial charge on any atom is -0.496 e. The van der Waals surface area contributed by atoms with Gasteiger partial charge in [-0.2, -0.15) is 5.10 Å². The van der Waals surface area contributed by atoms with Crippen LogP contribution >= 0.6 is 0 Å². The second kappa shape index (κ2) is 7.20. The van der Waals surface area contributed by atoms with Gasteiger partial charge in [0, 0.05) is 11.1 Å². The second-order valence-electron chi connectivity index (χ2n) is 6.81. The topological polar surface area (TPSA) is 27.1 Å². The summed E-state index contributed by atoms with van der Waals surface area (Å²) in [5.41, 5.74) is 6.89. The van der Waals surface area contributed by atoms with Crippen LogP contribution in [0.3, 0.4) is 0 Å². The molecule has 1 heterocycles. The Labute approximate surface area is 154 Å². The van der Waals surface area contributed by atoms with Crippen LogP contribution in [0.1, 0.15) is 36.9 Å². The number of methoxy groups -OCH3 is 1. The zero-order chi connectivity index (χ0) is 17.9. The molecule has 4 rings (SSSR count). The number of allylic oxidation sites excluding steroid dienone is 2. The van der Waals surface area contributed by atoms with Gasteiger partial charge >= 0.3 is 0 Å². The van der Waals surface area contributed by atoms with Crippen LogP contribution in [0.15, 0.2) is 60.7 Å². The van der Waals surface area contributed by atoms with Gasteiger partial charge in [0.05, 0.1) is 24.2 Å². The first-order valence-electron chi connectivity index (χ1n) is 9.26. The second-order valence-corrected chi connectivity index (χ2v) is 6.81. The zero-order valence-corrected chi connectivity index (χ0v) is 15.4. The van der Waals surface area contributed by atoms with Crippen molar-refractivity contribution in [2.24, 2.45) is 0 Å². The van der Waals surface area contributed by atoms with E-state index >= 15 is 0 Å². The first kappa shape index (κ1) is 16.6. The fraction of sp³-hybridized carbons (Fsp3) is 0.261. The van der Waals surface area contributed by atoms with Crippen molar-refractivity contribution in [1.82, 2.24) is 9.78 Å². The average molecular weight is 344 g/mol. The molecule has 3 nitrogen and oxygen atoms in total. The SMILES string of the molecule is COc1cc(-c2cc(C)nn2-c2ccccc2)ccc1C1=CCCCC1. The minimum atomic E-state index is 0.939. The number of aromatic nitrogens is 2. The van der Waals surface area contributed by atoms with Gasteiger partial charge in [0.25, 0.3) is 0 Å². The monoisotopic (exact) mass is 344 g/mol. The number of para-hydroxylation sites is 1. The number of aryl methyl sites for hydroxylation is 1. The number of hydrogen-bond donors (Lipinski definition) is 0. The normalized spacial score (nSPS) is 14.2. The van der Waals surface area contributed by atoms with Crippen LogP contribution < -0.4 is 4.74 Å². The summed E-state index contributed by atoms with van der Waals surface area (Å²) in [7, 11) is 1.76. The van der Waals surface area contributed by atoms with E-state index in [1.807, 2.05) is 29.8 Å². The maximum atomic E-state index is 5.74. The van der Waals surface area contributed by atoms with E-state index in [-0.39, 0.29) is 0 Å². The largest absolute Gasteiger partial charge is 0.496 e. The molecule has 1 aliphatic rings. The van der Waals surface area contributed by atoms with Gasteiger partial charge in [-0.3, -0.25) is 0 Å². The molecule has 1 aromatic heterocycles. The highest BCUT2D eigenvalue weighted by Gasteiger charge is 2.15. The van der Waals surface area contributed by atoms with Crippen LogP contribution in [0.2, 0.25) is 0 Å². The molecule has 0 radical (unpaired) electrons. The first-order chi connectivity index (χ1) is 12.8. The van der Waals surface area contributed by atoms with Crippen LogP contribution in [-0.2, 0) is 0 Å². The maximum Gasteiger partial charge on any atom is 0.127 e. The zero-order valence-electron chi connectivity index (χ0n) is 15.4. The van der Waals surface area contributed by atoms with Crippen LogP contribution in [0.25, 0.3) is 22.5 Å². The minimum absolute atomic E-state index is 0.939. The van der Waals surface area contributed by atoms with Gasteiger partial charge < -0.3 is 4.74 Å². The van der Waals surface area contributed by atoms with Crippen molar-refractivity contribution in [3.63, 3.8) is 0 Å². The standard InChI is InChI=1S/C23H24N2O/c1-17-15-22(25(24-17)20-11-7-4-8-12-20)19-13-14-21(23(16-19)26-2)18-9-5-3-6-10-18/h4,7-9,11-16H,3,5-6,10H2,1-2H3. The Morgan fingerprint density at radius 2 is 1.85 bits per heavy atom. The van der Waals surface area contributed by atoms with Gasteiger partial charge in [-0.25, -0.2) is 4.68 Å². The summed E-state index contributed by atoms with van der Waals surface area (Å²) in [6.07, 6.45) is 7.21. The molecule has 0 fully saturated rings. The van der Waals surface area contributed by atoms with Crippen LogP contribution in [0, 0.1) is 6.92 Å². The lowest BCUT2D eigenvalue weighted by atomic mass is 9.92. The molecule has 3 heteroatoms. The van der Waals surface area contributed by atoms with Crippen molar-refractivity contribution < 1.29 is 4.74 Å². The van der Waals surface area contributed by atoms with Crippen LogP contribution in [0.5, 0.6) is 5.75 Å². The Morgan fingerprint density at radius 1 is 1.00 bits per heavy atom. The van der Waals surface area contributed by atoms with Crippen molar-refractivity contribution in [3.05, 3.63) is 71.9 Å². The third-order valence-electron chi connectivity index (χ3n) is 4.97. The van der Waals surface area contributed by atoms with Crippen molar-refractivity contribution in [1.29, 1.82) is 0 Å². The van der Waals surface area contributed by atoms with E-state index in [4.69, 9.17) is 4.74 Å². The lowest BCUT2D eigenvalue weighted by Gasteiger charge is -2.17. The summed E-state index contributed by atoms with van der Waals surface area (Å²) in [5, 5.41) is 4.69. The summed E-state index contributed by atoms with van der Waals surface area (Å²) >= 11 is 0. The predicted molar refractivity (Wildman–Crippen MR) is 107 cm³/mol. The van der Waals surface area contributed by atoms with E-state index in [2.05, 4.69) is 47.6 Å². The summed E-state index contributed by atoms with van der Waals surface area (Å²) < 4.78 is 7.75. The average Bonchev–Trinajstić information content (AvgIpc) is 3.10. The molecule has 26 heavy (non-hydrogen) atoms. The Morgan fingerprint density at radius 3 is 2.58 bits per heavy atom. The van der Waals surface area contributed by atoms with E-state index in [0.29, 0.717) is 0 Å². The van der Waals surface area contributed by atoms with Gasteiger partial charge in [0.2, 0.25) is 0 Å². The van der Waals surface area contributed by atoms with Gasteiger partial charge in [-0.1, -0.05) is 36.4 Å². The lowest BCUT2D eigenvalue weighted by molar-refractivity contribution is 0.413. The molecule has 0 aliphatic heterocycles. The van der Waals surface area contributed by atoms with Crippen molar-refractivity contribution >= 4 is 5.57 Å². The Balaban J connectivity index is 1.79. The fourth-order valence-electron chi connectivity index (χ4n) is 3.67. The lowest BCUT2D eigenvalue weighted by Crippen LogP contribution is -2.00. The molecule has 0 saturated carbocycles. The fourth-order valence-corrected chi connectivity index (χ4v) is 3.67. The first-order valence-corrected chi connectivity index (χ1v) is 9.26. The Kier molecular flexibility index (Phi) is 4.61. The molecule has 3 aromatic rings. The summed E-state index contributed by atoms with van der Waals surface area (Å²) in [6.45, 7) is 2.03. The van der Waals surface area contributed by atoms with E-state index in [9.17, 15) is 0 Å². The third-order valence-corrected chi connectivity index (χ3v) is 4.97. The number of hydrogen-bond acceptors (Lipinski definition) is 2. The highest BCUT2D eigenvalue weighted by molar-refractivity contribution is 5.75. The number of rotatable bonds is 4. The number of nitrogens with zero attached hydrogens (tertiary/aromatic N) is 2.